The summed E-state index contributed by atoms with van der Waals surface area (Å²) < 4.78 is 44.3. The number of rotatable bonds is 6. The third-order valence-corrected chi connectivity index (χ3v) is 6.54. The lowest BCUT2D eigenvalue weighted by atomic mass is 10.2. The molecule has 6 nitrogen and oxygen atoms in total. The number of furan rings is 1. The molecular weight excluding hydrogens is 379 g/mol. The summed E-state index contributed by atoms with van der Waals surface area (Å²) in [4.78, 5) is 12.9. The molecule has 0 saturated heterocycles. The van der Waals surface area contributed by atoms with Crippen LogP contribution in [0.4, 0.5) is 4.39 Å². The van der Waals surface area contributed by atoms with Gasteiger partial charge in [-0.15, -0.1) is 11.3 Å². The summed E-state index contributed by atoms with van der Waals surface area (Å²) in [5, 5.41) is 2.67. The van der Waals surface area contributed by atoms with Gasteiger partial charge in [-0.1, -0.05) is 0 Å². The van der Waals surface area contributed by atoms with E-state index >= 15 is 0 Å². The van der Waals surface area contributed by atoms with Crippen LogP contribution in [0.3, 0.4) is 0 Å². The van der Waals surface area contributed by atoms with Crippen LogP contribution < -0.4 is 10.0 Å². The first-order valence-corrected chi connectivity index (χ1v) is 9.85. The van der Waals surface area contributed by atoms with E-state index in [1.807, 2.05) is 0 Å². The predicted molar refractivity (Wildman–Crippen MR) is 95.8 cm³/mol. The molecule has 0 spiro atoms. The Kier molecular flexibility index (Phi) is 5.21. The second-order valence-electron chi connectivity index (χ2n) is 5.28. The maximum absolute atomic E-state index is 13.0. The monoisotopic (exact) mass is 394 g/mol. The number of thiophene rings is 1. The van der Waals surface area contributed by atoms with Crippen LogP contribution in [-0.2, 0) is 16.6 Å². The summed E-state index contributed by atoms with van der Waals surface area (Å²) in [6.45, 7) is 0.176. The summed E-state index contributed by atoms with van der Waals surface area (Å²) in [6, 6.07) is 12.0. The Morgan fingerprint density at radius 1 is 1.12 bits per heavy atom. The molecule has 0 aliphatic rings. The zero-order valence-electron chi connectivity index (χ0n) is 13.7. The van der Waals surface area contributed by atoms with Crippen LogP contribution in [0.25, 0.3) is 11.3 Å². The third-order valence-electron chi connectivity index (χ3n) is 3.55. The molecule has 1 amide bonds. The lowest BCUT2D eigenvalue weighted by Crippen LogP contribution is -2.21. The molecule has 3 aromatic rings. The van der Waals surface area contributed by atoms with Gasteiger partial charge < -0.3 is 9.73 Å². The van der Waals surface area contributed by atoms with Crippen LogP contribution in [0, 0.1) is 5.82 Å². The van der Waals surface area contributed by atoms with Gasteiger partial charge in [0.05, 0.1) is 6.54 Å². The number of halogens is 1. The molecule has 2 aromatic heterocycles. The fourth-order valence-electron chi connectivity index (χ4n) is 2.18. The standard InChI is InChI=1S/C17H15FN2O4S2/c1-19-26(22,23)16-9-6-13(25-16)10-20-17(21)15-8-7-14(24-15)11-2-4-12(18)5-3-11/h2-9,19H,10H2,1H3,(H,20,21). The van der Waals surface area contributed by atoms with Crippen LogP contribution in [-0.4, -0.2) is 21.4 Å². The molecule has 0 bridgehead atoms. The van der Waals surface area contributed by atoms with Crippen molar-refractivity contribution in [3.63, 3.8) is 0 Å². The Hall–Kier alpha value is -2.49. The molecule has 0 atom stereocenters. The number of sulfonamides is 1. The van der Waals surface area contributed by atoms with Crippen LogP contribution in [0.1, 0.15) is 15.4 Å². The lowest BCUT2D eigenvalue weighted by molar-refractivity contribution is 0.0924. The summed E-state index contributed by atoms with van der Waals surface area (Å²) in [7, 11) is -2.15. The summed E-state index contributed by atoms with van der Waals surface area (Å²) in [5.74, 6) is -0.212. The van der Waals surface area contributed by atoms with E-state index in [9.17, 15) is 17.6 Å². The van der Waals surface area contributed by atoms with E-state index < -0.39 is 15.9 Å². The molecular formula is C17H15FN2O4S2. The normalized spacial score (nSPS) is 11.5. The Labute approximate surface area is 153 Å². The third kappa shape index (κ3) is 4.01. The molecule has 0 radical (unpaired) electrons. The van der Waals surface area contributed by atoms with E-state index in [4.69, 9.17) is 4.42 Å². The zero-order valence-corrected chi connectivity index (χ0v) is 15.3. The zero-order chi connectivity index (χ0) is 18.7. The Balaban J connectivity index is 1.65. The van der Waals surface area contributed by atoms with Crippen molar-refractivity contribution in [2.24, 2.45) is 0 Å². The van der Waals surface area contributed by atoms with Gasteiger partial charge in [0, 0.05) is 10.4 Å². The number of hydrogen-bond donors (Lipinski definition) is 2. The SMILES string of the molecule is CNS(=O)(=O)c1ccc(CNC(=O)c2ccc(-c3ccc(F)cc3)o2)s1. The minimum absolute atomic E-state index is 0.115. The largest absolute Gasteiger partial charge is 0.451 e. The Morgan fingerprint density at radius 2 is 1.85 bits per heavy atom. The van der Waals surface area contributed by atoms with Crippen molar-refractivity contribution in [1.82, 2.24) is 10.0 Å². The van der Waals surface area contributed by atoms with Gasteiger partial charge in [-0.05, 0) is 55.6 Å². The average molecular weight is 394 g/mol. The first-order chi connectivity index (χ1) is 12.4. The van der Waals surface area contributed by atoms with Crippen LogP contribution in [0.5, 0.6) is 0 Å². The van der Waals surface area contributed by atoms with Crippen molar-refractivity contribution in [3.05, 3.63) is 65.0 Å². The molecule has 3 rings (SSSR count). The van der Waals surface area contributed by atoms with Crippen LogP contribution in [0.2, 0.25) is 0 Å². The number of hydrogen-bond acceptors (Lipinski definition) is 5. The molecule has 0 unspecified atom stereocenters. The number of nitrogens with one attached hydrogen (secondary N) is 2. The number of benzene rings is 1. The van der Waals surface area contributed by atoms with Crippen molar-refractivity contribution in [1.29, 1.82) is 0 Å². The Bertz CT molecular complexity index is 1020. The predicted octanol–water partition coefficient (Wildman–Crippen LogP) is 2.99. The fourth-order valence-corrected chi connectivity index (χ4v) is 4.32. The lowest BCUT2D eigenvalue weighted by Gasteiger charge is -2.01. The quantitative estimate of drug-likeness (QED) is 0.673. The molecule has 0 aliphatic heterocycles. The molecule has 26 heavy (non-hydrogen) atoms. The van der Waals surface area contributed by atoms with Gasteiger partial charge in [-0.3, -0.25) is 4.79 Å². The van der Waals surface area contributed by atoms with Crippen LogP contribution in [0.15, 0.2) is 57.2 Å². The van der Waals surface area contributed by atoms with Gasteiger partial charge in [0.1, 0.15) is 15.8 Å². The molecule has 0 aliphatic carbocycles. The van der Waals surface area contributed by atoms with E-state index in [2.05, 4.69) is 10.0 Å². The van der Waals surface area contributed by atoms with Gasteiger partial charge in [0.2, 0.25) is 10.0 Å². The van der Waals surface area contributed by atoms with E-state index in [-0.39, 0.29) is 22.3 Å². The second-order valence-corrected chi connectivity index (χ2v) is 8.56. The number of carbonyl (C=O) groups excluding carboxylic acids is 1. The first-order valence-electron chi connectivity index (χ1n) is 7.55. The molecule has 2 N–H and O–H groups in total. The van der Waals surface area contributed by atoms with Crippen molar-refractivity contribution < 1.29 is 22.0 Å². The summed E-state index contributed by atoms with van der Waals surface area (Å²) >= 11 is 1.07. The highest BCUT2D eigenvalue weighted by atomic mass is 32.2. The maximum Gasteiger partial charge on any atom is 0.287 e. The highest BCUT2D eigenvalue weighted by molar-refractivity contribution is 7.91. The van der Waals surface area contributed by atoms with Crippen LogP contribution >= 0.6 is 11.3 Å². The second kappa shape index (κ2) is 7.40. The molecule has 1 aromatic carbocycles. The number of carbonyl (C=O) groups is 1. The summed E-state index contributed by atoms with van der Waals surface area (Å²) in [6.07, 6.45) is 0. The van der Waals surface area contributed by atoms with Gasteiger partial charge in [0.25, 0.3) is 5.91 Å². The smallest absolute Gasteiger partial charge is 0.287 e. The van der Waals surface area contributed by atoms with Gasteiger partial charge in [-0.25, -0.2) is 17.5 Å². The topological polar surface area (TPSA) is 88.4 Å². The van der Waals surface area contributed by atoms with Gasteiger partial charge in [-0.2, -0.15) is 0 Å². The van der Waals surface area contributed by atoms with E-state index in [1.54, 1.807) is 24.3 Å². The molecule has 2 heterocycles. The molecule has 0 saturated carbocycles. The minimum atomic E-state index is -3.49. The van der Waals surface area contributed by atoms with Crippen molar-refractivity contribution in [2.45, 2.75) is 10.8 Å². The number of amides is 1. The molecule has 9 heteroatoms. The highest BCUT2D eigenvalue weighted by Crippen LogP contribution is 2.23. The Morgan fingerprint density at radius 3 is 2.54 bits per heavy atom. The van der Waals surface area contributed by atoms with Gasteiger partial charge >= 0.3 is 0 Å². The van der Waals surface area contributed by atoms with E-state index in [0.29, 0.717) is 16.2 Å². The van der Waals surface area contributed by atoms with Gasteiger partial charge in [0.15, 0.2) is 5.76 Å². The molecule has 136 valence electrons. The van der Waals surface area contributed by atoms with Crippen molar-refractivity contribution in [3.8, 4) is 11.3 Å². The van der Waals surface area contributed by atoms with Crippen molar-refractivity contribution in [2.75, 3.05) is 7.05 Å². The van der Waals surface area contributed by atoms with Crippen molar-refractivity contribution >= 4 is 27.3 Å². The maximum atomic E-state index is 13.0. The minimum Gasteiger partial charge on any atom is -0.451 e. The first kappa shape index (κ1) is 18.3. The average Bonchev–Trinajstić information content (AvgIpc) is 3.30. The van der Waals surface area contributed by atoms with E-state index in [1.165, 1.54) is 31.3 Å². The van der Waals surface area contributed by atoms with E-state index in [0.717, 1.165) is 11.3 Å². The highest BCUT2D eigenvalue weighted by Gasteiger charge is 2.16. The fraction of sp³-hybridized carbons (Fsp3) is 0.118. The summed E-state index contributed by atoms with van der Waals surface area (Å²) in [5.41, 5.74) is 0.658. The molecule has 0 fully saturated rings.